The van der Waals surface area contributed by atoms with Crippen LogP contribution < -0.4 is 10.1 Å². The number of nitrogens with zero attached hydrogens (tertiary/aromatic N) is 3. The molecule has 1 fully saturated rings. The number of rotatable bonds is 10. The van der Waals surface area contributed by atoms with Crippen molar-refractivity contribution in [1.29, 1.82) is 0 Å². The number of ether oxygens (including phenoxy) is 1. The van der Waals surface area contributed by atoms with Crippen molar-refractivity contribution in [2.75, 3.05) is 40.3 Å². The van der Waals surface area contributed by atoms with Crippen LogP contribution in [0.25, 0.3) is 17.0 Å². The van der Waals surface area contributed by atoms with Gasteiger partial charge in [-0.25, -0.2) is 0 Å². The van der Waals surface area contributed by atoms with Gasteiger partial charge in [0, 0.05) is 61.4 Å². The lowest BCUT2D eigenvalue weighted by Gasteiger charge is -2.32. The number of hydrogen-bond donors (Lipinski definition) is 1. The van der Waals surface area contributed by atoms with Crippen molar-refractivity contribution in [3.63, 3.8) is 0 Å². The lowest BCUT2D eigenvalue weighted by molar-refractivity contribution is 0.0928. The number of nitrogens with one attached hydrogen (secondary N) is 1. The largest absolute Gasteiger partial charge is 0.489 e. The van der Waals surface area contributed by atoms with Crippen molar-refractivity contribution in [2.24, 2.45) is 5.41 Å². The van der Waals surface area contributed by atoms with Gasteiger partial charge in [0.05, 0.1) is 5.02 Å². The van der Waals surface area contributed by atoms with E-state index in [1.165, 1.54) is 27.7 Å². The first-order valence-electron chi connectivity index (χ1n) is 15.5. The molecule has 0 bridgehead atoms. The highest BCUT2D eigenvalue weighted by molar-refractivity contribution is 6.32. The minimum Gasteiger partial charge on any atom is -0.489 e. The quantitative estimate of drug-likeness (QED) is 0.271. The predicted octanol–water partition coefficient (Wildman–Crippen LogP) is 7.20. The van der Waals surface area contributed by atoms with Crippen molar-refractivity contribution < 1.29 is 9.53 Å². The summed E-state index contributed by atoms with van der Waals surface area (Å²) in [5.74, 6) is 1.09. The van der Waals surface area contributed by atoms with Gasteiger partial charge in [-0.2, -0.15) is 0 Å². The van der Waals surface area contributed by atoms with Crippen LogP contribution in [-0.4, -0.2) is 66.7 Å². The zero-order valence-electron chi connectivity index (χ0n) is 26.2. The number of halogens is 1. The molecule has 1 aromatic heterocycles. The van der Waals surface area contributed by atoms with E-state index in [2.05, 4.69) is 77.7 Å². The molecule has 7 heteroatoms. The molecule has 1 unspecified atom stereocenters. The first-order chi connectivity index (χ1) is 20.0. The van der Waals surface area contributed by atoms with Gasteiger partial charge in [0.1, 0.15) is 11.9 Å². The predicted molar refractivity (Wildman–Crippen MR) is 175 cm³/mol. The van der Waals surface area contributed by atoms with Crippen LogP contribution in [0.5, 0.6) is 5.75 Å². The summed E-state index contributed by atoms with van der Waals surface area (Å²) in [6.45, 7) is 14.3. The number of piperidine rings is 1. The minimum atomic E-state index is -0.112. The highest BCUT2D eigenvalue weighted by Crippen LogP contribution is 2.38. The van der Waals surface area contributed by atoms with E-state index >= 15 is 0 Å². The Morgan fingerprint density at radius 3 is 2.60 bits per heavy atom. The van der Waals surface area contributed by atoms with E-state index in [0.717, 1.165) is 52.0 Å². The summed E-state index contributed by atoms with van der Waals surface area (Å²) in [5, 5.41) is 4.96. The molecule has 5 rings (SSSR count). The van der Waals surface area contributed by atoms with E-state index in [4.69, 9.17) is 16.3 Å². The lowest BCUT2D eigenvalue weighted by atomic mass is 9.90. The molecule has 0 spiro atoms. The van der Waals surface area contributed by atoms with Gasteiger partial charge in [-0.1, -0.05) is 44.5 Å². The molecule has 1 N–H and O–H groups in total. The van der Waals surface area contributed by atoms with Gasteiger partial charge in [0.2, 0.25) is 0 Å². The molecular weight excluding hydrogens is 544 g/mol. The summed E-state index contributed by atoms with van der Waals surface area (Å²) in [5.41, 5.74) is 6.16. The Kier molecular flexibility index (Phi) is 9.36. The normalized spacial score (nSPS) is 18.0. The van der Waals surface area contributed by atoms with Crippen molar-refractivity contribution >= 4 is 34.5 Å². The van der Waals surface area contributed by atoms with Crippen LogP contribution in [0.3, 0.4) is 0 Å². The van der Waals surface area contributed by atoms with Gasteiger partial charge < -0.3 is 19.5 Å². The molecule has 0 radical (unpaired) electrons. The van der Waals surface area contributed by atoms with Gasteiger partial charge in [-0.15, -0.1) is 0 Å². The molecule has 2 aromatic carbocycles. The Labute approximate surface area is 256 Å². The van der Waals surface area contributed by atoms with Crippen LogP contribution in [0.2, 0.25) is 5.02 Å². The average Bonchev–Trinajstić information content (AvgIpc) is 3.27. The number of benzene rings is 2. The molecule has 42 heavy (non-hydrogen) atoms. The Bertz CT molecular complexity index is 1450. The van der Waals surface area contributed by atoms with Gasteiger partial charge in [-0.05, 0) is 99.1 Å². The van der Waals surface area contributed by atoms with E-state index in [1.54, 1.807) is 6.07 Å². The third-order valence-corrected chi connectivity index (χ3v) is 8.98. The number of aryl methyl sites for hydroxylation is 1. The fourth-order valence-electron chi connectivity index (χ4n) is 6.78. The number of amides is 1. The van der Waals surface area contributed by atoms with Crippen molar-refractivity contribution in [2.45, 2.75) is 72.1 Å². The van der Waals surface area contributed by atoms with Gasteiger partial charge >= 0.3 is 0 Å². The molecule has 0 saturated carbocycles. The summed E-state index contributed by atoms with van der Waals surface area (Å²) < 4.78 is 8.78. The van der Waals surface area contributed by atoms with Crippen molar-refractivity contribution in [3.05, 3.63) is 69.9 Å². The first kappa shape index (κ1) is 30.7. The Morgan fingerprint density at radius 1 is 1.14 bits per heavy atom. The minimum absolute atomic E-state index is 0.0235. The molecule has 1 aliphatic heterocycles. The summed E-state index contributed by atoms with van der Waals surface area (Å²) in [6.07, 6.45) is 7.76. The average molecular weight is 591 g/mol. The van der Waals surface area contributed by atoms with E-state index in [1.807, 2.05) is 26.2 Å². The second-order valence-electron chi connectivity index (χ2n) is 13.3. The highest BCUT2D eigenvalue weighted by atomic mass is 35.5. The smallest absolute Gasteiger partial charge is 0.251 e. The summed E-state index contributed by atoms with van der Waals surface area (Å²) in [7, 11) is 4.09. The number of carbonyl (C=O) groups excluding carboxylic acids is 1. The van der Waals surface area contributed by atoms with Crippen molar-refractivity contribution in [1.82, 2.24) is 19.7 Å². The number of carbonyl (C=O) groups is 1. The fourth-order valence-corrected chi connectivity index (χ4v) is 7.01. The Balaban J connectivity index is 1.15. The second-order valence-corrected chi connectivity index (χ2v) is 13.7. The summed E-state index contributed by atoms with van der Waals surface area (Å²) in [6, 6.07) is 12.4. The maximum atomic E-state index is 12.8. The maximum Gasteiger partial charge on any atom is 0.251 e. The number of allylic oxidation sites excluding steroid dienone is 1. The van der Waals surface area contributed by atoms with Gasteiger partial charge in [0.15, 0.2) is 0 Å². The van der Waals surface area contributed by atoms with E-state index < -0.39 is 0 Å². The zero-order valence-corrected chi connectivity index (χ0v) is 26.9. The van der Waals surface area contributed by atoms with E-state index in [0.29, 0.717) is 28.8 Å². The highest BCUT2D eigenvalue weighted by Gasteiger charge is 2.25. The van der Waals surface area contributed by atoms with Crippen LogP contribution in [0.15, 0.2) is 42.5 Å². The number of aromatic nitrogens is 1. The van der Waals surface area contributed by atoms with Gasteiger partial charge in [0.25, 0.3) is 5.91 Å². The molecule has 6 nitrogen and oxygen atoms in total. The van der Waals surface area contributed by atoms with Crippen molar-refractivity contribution in [3.8, 4) is 5.75 Å². The van der Waals surface area contributed by atoms with Gasteiger partial charge in [-0.3, -0.25) is 9.69 Å². The standard InChI is InChI=1S/C35H47ClN4O2/c1-7-40-30-13-11-25(19-28(30)33-24(2)9-8-10-31(33)40)21-39-17-15-27(16-18-39)42-32-14-12-26(20-29(32)36)34(41)37-22-35(3,4)23-38(5)6/h8,10-14,19-20,24,27H,7,9,15-18,21-23H2,1-6H3,(H,37,41). The third kappa shape index (κ3) is 6.88. The van der Waals surface area contributed by atoms with Crippen LogP contribution >= 0.6 is 11.6 Å². The van der Waals surface area contributed by atoms with E-state index in [-0.39, 0.29) is 17.4 Å². The Morgan fingerprint density at radius 2 is 1.90 bits per heavy atom. The van der Waals surface area contributed by atoms with E-state index in [9.17, 15) is 4.79 Å². The molecule has 226 valence electrons. The molecule has 2 heterocycles. The van der Waals surface area contributed by atoms with Crippen LogP contribution in [0.4, 0.5) is 0 Å². The van der Waals surface area contributed by atoms with Crippen LogP contribution in [0, 0.1) is 5.41 Å². The summed E-state index contributed by atoms with van der Waals surface area (Å²) >= 11 is 6.58. The molecule has 1 saturated heterocycles. The second kappa shape index (κ2) is 12.8. The Hall–Kier alpha value is -2.80. The first-order valence-corrected chi connectivity index (χ1v) is 15.9. The maximum absolute atomic E-state index is 12.8. The van der Waals surface area contributed by atoms with Crippen LogP contribution in [-0.2, 0) is 13.1 Å². The van der Waals surface area contributed by atoms with Crippen LogP contribution in [0.1, 0.15) is 80.1 Å². The molecule has 1 atom stereocenters. The molecule has 2 aliphatic rings. The molecular formula is C35H47ClN4O2. The fraction of sp³-hybridized carbons (Fsp3) is 0.514. The molecule has 1 amide bonds. The molecule has 3 aromatic rings. The molecule has 1 aliphatic carbocycles. The zero-order chi connectivity index (χ0) is 30.0. The number of fused-ring (bicyclic) bond motifs is 3. The summed E-state index contributed by atoms with van der Waals surface area (Å²) in [4.78, 5) is 17.4. The number of hydrogen-bond acceptors (Lipinski definition) is 4. The SMILES string of the molecule is CCn1c2c(c3cc(CN4CCC(Oc5ccc(C(=O)NCC(C)(C)CN(C)C)cc5Cl)CC4)ccc31)C(C)CC=C2. The topological polar surface area (TPSA) is 49.7 Å². The number of likely N-dealkylation sites (tertiary alicyclic amines) is 1. The third-order valence-electron chi connectivity index (χ3n) is 8.68. The monoisotopic (exact) mass is 590 g/mol. The lowest BCUT2D eigenvalue weighted by Crippen LogP contribution is -2.40.